The summed E-state index contributed by atoms with van der Waals surface area (Å²) in [7, 11) is 0. The summed E-state index contributed by atoms with van der Waals surface area (Å²) >= 11 is 0. The van der Waals surface area contributed by atoms with Gasteiger partial charge in [0.2, 0.25) is 5.91 Å². The Hall–Kier alpha value is -2.13. The van der Waals surface area contributed by atoms with Crippen molar-refractivity contribution in [1.82, 2.24) is 4.90 Å². The van der Waals surface area contributed by atoms with Crippen LogP contribution in [0.3, 0.4) is 0 Å². The van der Waals surface area contributed by atoms with Crippen molar-refractivity contribution in [3.8, 4) is 0 Å². The van der Waals surface area contributed by atoms with Crippen molar-refractivity contribution in [3.05, 3.63) is 70.8 Å². The van der Waals surface area contributed by atoms with Gasteiger partial charge in [-0.3, -0.25) is 4.79 Å². The van der Waals surface area contributed by atoms with Gasteiger partial charge in [-0.1, -0.05) is 59.7 Å². The van der Waals surface area contributed by atoms with Crippen LogP contribution in [-0.4, -0.2) is 29.9 Å². The van der Waals surface area contributed by atoms with Gasteiger partial charge in [-0.05, 0) is 69.7 Å². The molecule has 3 heterocycles. The minimum absolute atomic E-state index is 0.238. The number of rotatable bonds is 5. The number of benzene rings is 2. The average Bonchev–Trinajstić information content (AvgIpc) is 2.68. The lowest BCUT2D eigenvalue weighted by molar-refractivity contribution is -0.123. The van der Waals surface area contributed by atoms with E-state index in [1.165, 1.54) is 30.4 Å². The predicted molar refractivity (Wildman–Crippen MR) is 110 cm³/mol. The monoisotopic (exact) mass is 362 g/mol. The summed E-state index contributed by atoms with van der Waals surface area (Å²) < 4.78 is 0. The Morgan fingerprint density at radius 1 is 0.963 bits per heavy atom. The molecule has 3 heteroatoms. The quantitative estimate of drug-likeness (QED) is 0.875. The summed E-state index contributed by atoms with van der Waals surface area (Å²) in [4.78, 5) is 15.7. The standard InChI is InChI=1S/C24H30N2O/c1-17-3-7-20(8-4-17)24(23(25)27,21-9-5-18(2)6-10-21)16-22-15-19-11-13-26(22)14-12-19/h3-10,19,22H,11-16H2,1-2H3,(H2,25,27). The van der Waals surface area contributed by atoms with E-state index in [1.807, 2.05) is 0 Å². The number of fused-ring (bicyclic) bond motifs is 3. The molecule has 0 spiro atoms. The van der Waals surface area contributed by atoms with Crippen LogP contribution in [-0.2, 0) is 10.2 Å². The van der Waals surface area contributed by atoms with Crippen molar-refractivity contribution in [2.75, 3.05) is 13.1 Å². The van der Waals surface area contributed by atoms with E-state index in [0.717, 1.165) is 36.6 Å². The van der Waals surface area contributed by atoms with Crippen molar-refractivity contribution in [2.45, 2.75) is 51.0 Å². The van der Waals surface area contributed by atoms with E-state index in [1.54, 1.807) is 0 Å². The van der Waals surface area contributed by atoms with Gasteiger partial charge in [-0.2, -0.15) is 0 Å². The van der Waals surface area contributed by atoms with Crippen LogP contribution >= 0.6 is 0 Å². The highest BCUT2D eigenvalue weighted by Crippen LogP contribution is 2.42. The highest BCUT2D eigenvalue weighted by atomic mass is 16.1. The Labute approximate surface area is 162 Å². The van der Waals surface area contributed by atoms with Crippen LogP contribution in [0.1, 0.15) is 47.9 Å². The first-order chi connectivity index (χ1) is 13.0. The molecule has 0 aromatic heterocycles. The number of hydrogen-bond donors (Lipinski definition) is 1. The number of hydrogen-bond acceptors (Lipinski definition) is 2. The molecule has 1 atom stereocenters. The molecule has 27 heavy (non-hydrogen) atoms. The molecule has 0 radical (unpaired) electrons. The Bertz CT molecular complexity index is 756. The largest absolute Gasteiger partial charge is 0.369 e. The molecule has 1 unspecified atom stereocenters. The van der Waals surface area contributed by atoms with Crippen LogP contribution in [0.4, 0.5) is 0 Å². The van der Waals surface area contributed by atoms with Crippen LogP contribution < -0.4 is 5.73 Å². The Morgan fingerprint density at radius 2 is 1.44 bits per heavy atom. The summed E-state index contributed by atoms with van der Waals surface area (Å²) in [6.45, 7) is 6.47. The first-order valence-electron chi connectivity index (χ1n) is 10.2. The van der Waals surface area contributed by atoms with Crippen molar-refractivity contribution >= 4 is 5.91 Å². The second-order valence-corrected chi connectivity index (χ2v) is 8.57. The van der Waals surface area contributed by atoms with Crippen LogP contribution in [0.5, 0.6) is 0 Å². The number of piperidine rings is 3. The van der Waals surface area contributed by atoms with E-state index in [-0.39, 0.29) is 5.91 Å². The fraction of sp³-hybridized carbons (Fsp3) is 0.458. The van der Waals surface area contributed by atoms with Crippen LogP contribution in [0.2, 0.25) is 0 Å². The summed E-state index contributed by atoms with van der Waals surface area (Å²) in [5, 5.41) is 0. The van der Waals surface area contributed by atoms with Gasteiger partial charge >= 0.3 is 0 Å². The van der Waals surface area contributed by atoms with Gasteiger partial charge < -0.3 is 10.6 Å². The first-order valence-corrected chi connectivity index (χ1v) is 10.2. The zero-order valence-corrected chi connectivity index (χ0v) is 16.4. The first kappa shape index (κ1) is 18.2. The zero-order valence-electron chi connectivity index (χ0n) is 16.4. The molecule has 0 aliphatic carbocycles. The van der Waals surface area contributed by atoms with Gasteiger partial charge in [-0.15, -0.1) is 0 Å². The molecule has 0 saturated carbocycles. The van der Waals surface area contributed by atoms with E-state index in [9.17, 15) is 4.79 Å². The van der Waals surface area contributed by atoms with Gasteiger partial charge in [0.1, 0.15) is 5.41 Å². The number of amides is 1. The molecule has 2 aromatic carbocycles. The molecule has 3 aliphatic rings. The van der Waals surface area contributed by atoms with E-state index < -0.39 is 5.41 Å². The summed E-state index contributed by atoms with van der Waals surface area (Å²) in [6.07, 6.45) is 4.56. The molecule has 2 bridgehead atoms. The topological polar surface area (TPSA) is 46.3 Å². The third-order valence-corrected chi connectivity index (χ3v) is 6.82. The third kappa shape index (κ3) is 3.29. The lowest BCUT2D eigenvalue weighted by Gasteiger charge is -2.48. The molecule has 3 nitrogen and oxygen atoms in total. The number of aryl methyl sites for hydroxylation is 2. The van der Waals surface area contributed by atoms with E-state index in [4.69, 9.17) is 5.73 Å². The molecular weight excluding hydrogens is 332 g/mol. The molecule has 2 N–H and O–H groups in total. The molecule has 1 amide bonds. The molecule has 5 rings (SSSR count). The maximum atomic E-state index is 13.1. The number of carbonyl (C=O) groups excluding carboxylic acids is 1. The number of nitrogens with zero attached hydrogens (tertiary/aromatic N) is 1. The highest BCUT2D eigenvalue weighted by Gasteiger charge is 2.45. The molecule has 2 aromatic rings. The Balaban J connectivity index is 1.81. The lowest BCUT2D eigenvalue weighted by Crippen LogP contribution is -2.54. The minimum Gasteiger partial charge on any atom is -0.369 e. The molecule has 3 saturated heterocycles. The summed E-state index contributed by atoms with van der Waals surface area (Å²) in [5.74, 6) is 0.569. The number of primary amides is 1. The maximum absolute atomic E-state index is 13.1. The van der Waals surface area contributed by atoms with Crippen molar-refractivity contribution in [3.63, 3.8) is 0 Å². The number of nitrogens with two attached hydrogens (primary N) is 1. The second kappa shape index (κ2) is 7.12. The Kier molecular flexibility index (Phi) is 4.81. The minimum atomic E-state index is -0.774. The smallest absolute Gasteiger partial charge is 0.232 e. The lowest BCUT2D eigenvalue weighted by atomic mass is 9.67. The van der Waals surface area contributed by atoms with Crippen molar-refractivity contribution in [1.29, 1.82) is 0 Å². The van der Waals surface area contributed by atoms with E-state index in [2.05, 4.69) is 67.3 Å². The molecule has 3 fully saturated rings. The Morgan fingerprint density at radius 3 is 1.81 bits per heavy atom. The summed E-state index contributed by atoms with van der Waals surface area (Å²) in [6, 6.07) is 17.2. The fourth-order valence-electron chi connectivity index (χ4n) is 5.12. The van der Waals surface area contributed by atoms with Crippen LogP contribution in [0, 0.1) is 19.8 Å². The highest BCUT2D eigenvalue weighted by molar-refractivity contribution is 5.91. The maximum Gasteiger partial charge on any atom is 0.232 e. The molecule has 142 valence electrons. The van der Waals surface area contributed by atoms with Gasteiger partial charge in [0.05, 0.1) is 0 Å². The third-order valence-electron chi connectivity index (χ3n) is 6.82. The van der Waals surface area contributed by atoms with Gasteiger partial charge in [0.15, 0.2) is 0 Å². The molecule has 3 aliphatic heterocycles. The van der Waals surface area contributed by atoms with Gasteiger partial charge in [0.25, 0.3) is 0 Å². The fourth-order valence-corrected chi connectivity index (χ4v) is 5.12. The normalized spacial score (nSPS) is 24.7. The van der Waals surface area contributed by atoms with E-state index >= 15 is 0 Å². The van der Waals surface area contributed by atoms with Gasteiger partial charge in [-0.25, -0.2) is 0 Å². The SMILES string of the molecule is Cc1ccc(C(CC2CC3CCN2CC3)(C(N)=O)c2ccc(C)cc2)cc1. The van der Waals surface area contributed by atoms with Crippen molar-refractivity contribution in [2.24, 2.45) is 11.7 Å². The predicted octanol–water partition coefficient (Wildman–Crippen LogP) is 3.95. The van der Waals surface area contributed by atoms with Crippen LogP contribution in [0.15, 0.2) is 48.5 Å². The average molecular weight is 363 g/mol. The van der Waals surface area contributed by atoms with Crippen LogP contribution in [0.25, 0.3) is 0 Å². The van der Waals surface area contributed by atoms with E-state index in [0.29, 0.717) is 6.04 Å². The summed E-state index contributed by atoms with van der Waals surface area (Å²) in [5.41, 5.74) is 9.83. The number of carbonyl (C=O) groups is 1. The van der Waals surface area contributed by atoms with Crippen molar-refractivity contribution < 1.29 is 4.79 Å². The zero-order chi connectivity index (χ0) is 19.0. The second-order valence-electron chi connectivity index (χ2n) is 8.57. The molecular formula is C24H30N2O. The van der Waals surface area contributed by atoms with Gasteiger partial charge in [0, 0.05) is 6.04 Å².